The van der Waals surface area contributed by atoms with Gasteiger partial charge in [0.15, 0.2) is 17.1 Å². The van der Waals surface area contributed by atoms with Crippen LogP contribution in [-0.4, -0.2) is 15.0 Å². The number of hydrogen-bond donors (Lipinski definition) is 2. The molecule has 0 saturated heterocycles. The summed E-state index contributed by atoms with van der Waals surface area (Å²) in [5, 5.41) is 0.578. The second-order valence-corrected chi connectivity index (χ2v) is 4.11. The first kappa shape index (κ1) is 13.4. The summed E-state index contributed by atoms with van der Waals surface area (Å²) in [4.78, 5) is 20.9. The average molecular weight is 299 g/mol. The Bertz CT molecular complexity index is 754. The Hall–Kier alpha value is -2.05. The van der Waals surface area contributed by atoms with Crippen LogP contribution in [0.3, 0.4) is 0 Å². The molecule has 98 valence electrons. The van der Waals surface area contributed by atoms with Gasteiger partial charge in [0.05, 0.1) is 0 Å². The molecule has 8 heteroatoms. The number of anilines is 1. The number of nitrogen functional groups attached to an aromatic ring is 1. The normalized spacial score (nSPS) is 10.0. The van der Waals surface area contributed by atoms with Crippen molar-refractivity contribution in [3.8, 4) is 0 Å². The molecule has 3 rings (SSSR count). The van der Waals surface area contributed by atoms with Crippen LogP contribution < -0.4 is 11.2 Å². The highest BCUT2D eigenvalue weighted by molar-refractivity contribution is 6.33. The van der Waals surface area contributed by atoms with E-state index in [1.165, 1.54) is 18.7 Å². The van der Waals surface area contributed by atoms with Gasteiger partial charge in [-0.2, -0.15) is 0 Å². The van der Waals surface area contributed by atoms with Crippen LogP contribution in [0.4, 0.5) is 5.69 Å². The number of rotatable bonds is 0. The minimum absolute atomic E-state index is 0.0687. The Kier molecular flexibility index (Phi) is 4.03. The number of hydrogen-bond acceptors (Lipinski definition) is 5. The molecule has 0 bridgehead atoms. The van der Waals surface area contributed by atoms with Gasteiger partial charge in [0.2, 0.25) is 5.43 Å². The van der Waals surface area contributed by atoms with E-state index in [-0.39, 0.29) is 16.3 Å². The molecule has 0 radical (unpaired) electrons. The summed E-state index contributed by atoms with van der Waals surface area (Å²) in [5.41, 5.74) is 6.31. The molecule has 3 aromatic rings. The molecular formula is C11H8Cl2N4O2. The van der Waals surface area contributed by atoms with Gasteiger partial charge in [0.25, 0.3) is 0 Å². The van der Waals surface area contributed by atoms with Crippen molar-refractivity contribution < 1.29 is 4.42 Å². The third-order valence-corrected chi connectivity index (χ3v) is 2.74. The first-order valence-electron chi connectivity index (χ1n) is 5.06. The first-order valence-corrected chi connectivity index (χ1v) is 5.81. The molecule has 3 aromatic heterocycles. The highest BCUT2D eigenvalue weighted by Gasteiger charge is 2.01. The number of oxazole rings is 1. The zero-order valence-corrected chi connectivity index (χ0v) is 10.9. The Morgan fingerprint density at radius 2 is 2.05 bits per heavy atom. The number of fused-ring (bicyclic) bond motifs is 1. The summed E-state index contributed by atoms with van der Waals surface area (Å²) in [7, 11) is 0. The molecule has 0 unspecified atom stereocenters. The van der Waals surface area contributed by atoms with Gasteiger partial charge in [-0.25, -0.2) is 9.97 Å². The smallest absolute Gasteiger partial charge is 0.205 e. The Labute approximate surface area is 117 Å². The zero-order valence-electron chi connectivity index (χ0n) is 9.43. The Balaban J connectivity index is 0.000000141. The van der Waals surface area contributed by atoms with E-state index in [4.69, 9.17) is 33.4 Å². The van der Waals surface area contributed by atoms with Gasteiger partial charge >= 0.3 is 0 Å². The molecule has 0 fully saturated rings. The van der Waals surface area contributed by atoms with Crippen LogP contribution in [0.5, 0.6) is 0 Å². The summed E-state index contributed by atoms with van der Waals surface area (Å²) in [6.07, 6.45) is 4.37. The second kappa shape index (κ2) is 5.73. The molecule has 3 N–H and O–H groups in total. The molecule has 0 spiro atoms. The van der Waals surface area contributed by atoms with Crippen molar-refractivity contribution in [1.82, 2.24) is 15.0 Å². The lowest BCUT2D eigenvalue weighted by Crippen LogP contribution is -2.06. The van der Waals surface area contributed by atoms with Crippen molar-refractivity contribution in [1.29, 1.82) is 0 Å². The highest BCUT2D eigenvalue weighted by Crippen LogP contribution is 2.17. The van der Waals surface area contributed by atoms with E-state index >= 15 is 0 Å². The number of aromatic amines is 1. The average Bonchev–Trinajstić information content (AvgIpc) is 2.86. The number of aromatic nitrogens is 3. The minimum atomic E-state index is -0.251. The zero-order chi connectivity index (χ0) is 13.8. The lowest BCUT2D eigenvalue weighted by molar-refractivity contribution is 0.602. The Morgan fingerprint density at radius 1 is 1.26 bits per heavy atom. The van der Waals surface area contributed by atoms with E-state index in [9.17, 15) is 4.79 Å². The summed E-state index contributed by atoms with van der Waals surface area (Å²) in [6.45, 7) is 0. The van der Waals surface area contributed by atoms with Gasteiger partial charge in [-0.05, 0) is 0 Å². The molecule has 0 aliphatic carbocycles. The fraction of sp³-hybridized carbons (Fsp3) is 0. The summed E-state index contributed by atoms with van der Waals surface area (Å²) in [6, 6.07) is 3.04. The maximum absolute atomic E-state index is 10.6. The molecule has 0 saturated carbocycles. The molecule has 6 nitrogen and oxygen atoms in total. The van der Waals surface area contributed by atoms with Crippen LogP contribution in [0.25, 0.3) is 11.1 Å². The maximum Gasteiger partial charge on any atom is 0.205 e. The molecule has 0 atom stereocenters. The lowest BCUT2D eigenvalue weighted by Gasteiger charge is -1.91. The third kappa shape index (κ3) is 3.04. The fourth-order valence-corrected chi connectivity index (χ4v) is 1.58. The summed E-state index contributed by atoms with van der Waals surface area (Å²) < 4.78 is 4.96. The molecule has 0 aromatic carbocycles. The summed E-state index contributed by atoms with van der Waals surface area (Å²) >= 11 is 11.1. The van der Waals surface area contributed by atoms with Crippen LogP contribution in [0.2, 0.25) is 10.3 Å². The van der Waals surface area contributed by atoms with Crippen molar-refractivity contribution in [3.63, 3.8) is 0 Å². The molecule has 19 heavy (non-hydrogen) atoms. The van der Waals surface area contributed by atoms with Crippen LogP contribution in [0.15, 0.2) is 40.1 Å². The van der Waals surface area contributed by atoms with E-state index in [1.807, 2.05) is 0 Å². The van der Waals surface area contributed by atoms with Crippen molar-refractivity contribution in [2.75, 3.05) is 5.73 Å². The van der Waals surface area contributed by atoms with E-state index in [1.54, 1.807) is 12.3 Å². The molecule has 3 heterocycles. The third-order valence-electron chi connectivity index (χ3n) is 2.15. The topological polar surface area (TPSA) is 97.8 Å². The van der Waals surface area contributed by atoms with E-state index in [0.29, 0.717) is 16.3 Å². The maximum atomic E-state index is 10.6. The van der Waals surface area contributed by atoms with Gasteiger partial charge in [-0.1, -0.05) is 23.2 Å². The SMILES string of the molecule is Clc1nccc2ocnc12.Nc1c(Cl)[nH]ccc1=O. The highest BCUT2D eigenvalue weighted by atomic mass is 35.5. The van der Waals surface area contributed by atoms with Crippen molar-refractivity contribution in [2.45, 2.75) is 0 Å². The fourth-order valence-electron chi connectivity index (χ4n) is 1.23. The minimum Gasteiger partial charge on any atom is -0.443 e. The standard InChI is InChI=1S/C6H3ClN2O.C5H5ClN2O/c7-6-5-4(1-2-8-6)10-3-9-5;6-5-4(7)3(9)1-2-8-5/h1-3H;1-2H,7H2,(H,8,9). The number of halogens is 2. The van der Waals surface area contributed by atoms with E-state index < -0.39 is 0 Å². The Morgan fingerprint density at radius 3 is 2.68 bits per heavy atom. The first-order chi connectivity index (χ1) is 9.09. The van der Waals surface area contributed by atoms with Crippen LogP contribution in [0, 0.1) is 0 Å². The second-order valence-electron chi connectivity index (χ2n) is 3.37. The van der Waals surface area contributed by atoms with Crippen LogP contribution >= 0.6 is 23.2 Å². The van der Waals surface area contributed by atoms with E-state index in [0.717, 1.165) is 0 Å². The van der Waals surface area contributed by atoms with Crippen molar-refractivity contribution >= 4 is 40.0 Å². The number of nitrogens with one attached hydrogen (secondary N) is 1. The number of H-pyrrole nitrogens is 1. The van der Waals surface area contributed by atoms with E-state index in [2.05, 4.69) is 15.0 Å². The van der Waals surface area contributed by atoms with Crippen LogP contribution in [-0.2, 0) is 0 Å². The largest absolute Gasteiger partial charge is 0.443 e. The molecule has 0 amide bonds. The van der Waals surface area contributed by atoms with Crippen LogP contribution in [0.1, 0.15) is 0 Å². The monoisotopic (exact) mass is 298 g/mol. The van der Waals surface area contributed by atoms with Gasteiger partial charge < -0.3 is 15.1 Å². The van der Waals surface area contributed by atoms with Gasteiger partial charge in [0.1, 0.15) is 16.4 Å². The van der Waals surface area contributed by atoms with Gasteiger partial charge in [0, 0.05) is 24.5 Å². The van der Waals surface area contributed by atoms with Crippen molar-refractivity contribution in [3.05, 3.63) is 51.4 Å². The summed E-state index contributed by atoms with van der Waals surface area (Å²) in [5.74, 6) is 0. The predicted molar refractivity (Wildman–Crippen MR) is 73.3 cm³/mol. The van der Waals surface area contributed by atoms with Gasteiger partial charge in [-0.3, -0.25) is 4.79 Å². The molecular weight excluding hydrogens is 291 g/mol. The number of pyridine rings is 2. The molecule has 0 aliphatic rings. The number of nitrogens with zero attached hydrogens (tertiary/aromatic N) is 2. The quantitative estimate of drug-likeness (QED) is 0.621. The lowest BCUT2D eigenvalue weighted by atomic mass is 10.4. The molecule has 0 aliphatic heterocycles. The van der Waals surface area contributed by atoms with Crippen molar-refractivity contribution in [2.24, 2.45) is 0 Å². The predicted octanol–water partition coefficient (Wildman–Crippen LogP) is 2.49. The number of nitrogens with two attached hydrogens (primary N) is 1. The van der Waals surface area contributed by atoms with Gasteiger partial charge in [-0.15, -0.1) is 0 Å².